The molecule has 2 amide bonds. The Balaban J connectivity index is 1.55. The van der Waals surface area contributed by atoms with Gasteiger partial charge < -0.3 is 9.47 Å². The molecule has 0 aliphatic carbocycles. The van der Waals surface area contributed by atoms with Gasteiger partial charge in [0.25, 0.3) is 11.8 Å². The summed E-state index contributed by atoms with van der Waals surface area (Å²) in [6.07, 6.45) is 0. The molecule has 0 N–H and O–H groups in total. The maximum atomic E-state index is 12.8. The molecular weight excluding hydrogens is 370 g/mol. The van der Waals surface area contributed by atoms with Crippen LogP contribution in [0.25, 0.3) is 0 Å². The predicted molar refractivity (Wildman–Crippen MR) is 103 cm³/mol. The fourth-order valence-corrected chi connectivity index (χ4v) is 3.70. The number of hydrogen-bond donors (Lipinski definition) is 0. The number of benzene rings is 3. The Labute approximate surface area is 166 Å². The van der Waals surface area contributed by atoms with Gasteiger partial charge in [-0.1, -0.05) is 42.5 Å². The third kappa shape index (κ3) is 2.53. The van der Waals surface area contributed by atoms with Gasteiger partial charge in [-0.05, 0) is 36.8 Å². The third-order valence-electron chi connectivity index (χ3n) is 5.13. The Kier molecular flexibility index (Phi) is 3.74. The van der Waals surface area contributed by atoms with Crippen molar-refractivity contribution in [2.24, 2.45) is 0 Å². The van der Waals surface area contributed by atoms with Crippen molar-refractivity contribution in [1.82, 2.24) is 4.90 Å². The Morgan fingerprint density at radius 1 is 0.793 bits per heavy atom. The summed E-state index contributed by atoms with van der Waals surface area (Å²) in [5.74, 6) is -0.501. The van der Waals surface area contributed by atoms with Crippen LogP contribution in [-0.4, -0.2) is 22.7 Å². The summed E-state index contributed by atoms with van der Waals surface area (Å²) in [5.41, 5.74) is 1.92. The molecule has 5 rings (SSSR count). The topological polar surface area (TPSA) is 72.9 Å². The average molecular weight is 385 g/mol. The van der Waals surface area contributed by atoms with E-state index in [2.05, 4.69) is 0 Å². The first kappa shape index (κ1) is 17.2. The Morgan fingerprint density at radius 2 is 1.41 bits per heavy atom. The van der Waals surface area contributed by atoms with Crippen molar-refractivity contribution in [2.45, 2.75) is 13.0 Å². The molecule has 6 heteroatoms. The van der Waals surface area contributed by atoms with E-state index in [0.29, 0.717) is 17.1 Å². The van der Waals surface area contributed by atoms with Crippen LogP contribution in [0, 0.1) is 6.92 Å². The second kappa shape index (κ2) is 6.31. The van der Waals surface area contributed by atoms with Gasteiger partial charge in [-0.25, -0.2) is 4.79 Å². The summed E-state index contributed by atoms with van der Waals surface area (Å²) in [7, 11) is 0. The maximum Gasteiger partial charge on any atom is 0.339 e. The molecule has 142 valence electrons. The number of carbonyl (C=O) groups is 3. The first-order chi connectivity index (χ1) is 14.1. The van der Waals surface area contributed by atoms with Crippen LogP contribution in [0.4, 0.5) is 0 Å². The summed E-state index contributed by atoms with van der Waals surface area (Å²) in [4.78, 5) is 39.3. The lowest BCUT2D eigenvalue weighted by atomic mass is 10.1. The Morgan fingerprint density at radius 3 is 2.10 bits per heavy atom. The highest BCUT2D eigenvalue weighted by Gasteiger charge is 2.48. The summed E-state index contributed by atoms with van der Waals surface area (Å²) >= 11 is 0. The van der Waals surface area contributed by atoms with Gasteiger partial charge in [0.05, 0.1) is 11.1 Å². The number of imide groups is 1. The lowest BCUT2D eigenvalue weighted by Crippen LogP contribution is -2.37. The van der Waals surface area contributed by atoms with Crippen LogP contribution in [-0.2, 0) is 4.79 Å². The van der Waals surface area contributed by atoms with Crippen molar-refractivity contribution in [3.8, 4) is 17.2 Å². The quantitative estimate of drug-likeness (QED) is 0.386. The zero-order chi connectivity index (χ0) is 20.1. The van der Waals surface area contributed by atoms with Gasteiger partial charge in [-0.3, -0.25) is 14.5 Å². The maximum absolute atomic E-state index is 12.8. The first-order valence-corrected chi connectivity index (χ1v) is 9.11. The molecule has 3 aromatic rings. The number of hydrogen-bond acceptors (Lipinski definition) is 5. The lowest BCUT2D eigenvalue weighted by molar-refractivity contribution is -0.136. The van der Waals surface area contributed by atoms with Gasteiger partial charge in [0.15, 0.2) is 17.5 Å². The van der Waals surface area contributed by atoms with Crippen LogP contribution >= 0.6 is 0 Å². The Hall–Kier alpha value is -3.93. The monoisotopic (exact) mass is 385 g/mol. The lowest BCUT2D eigenvalue weighted by Gasteiger charge is -2.19. The van der Waals surface area contributed by atoms with E-state index in [-0.39, 0.29) is 16.9 Å². The molecule has 0 fully saturated rings. The molecule has 1 unspecified atom stereocenters. The van der Waals surface area contributed by atoms with E-state index in [9.17, 15) is 14.4 Å². The molecule has 1 atom stereocenters. The van der Waals surface area contributed by atoms with Gasteiger partial charge in [-0.2, -0.15) is 0 Å². The van der Waals surface area contributed by atoms with E-state index >= 15 is 0 Å². The van der Waals surface area contributed by atoms with Gasteiger partial charge in [0.2, 0.25) is 0 Å². The standard InChI is InChI=1S/C23H15NO5/c1-13-7-2-5-11-17(13)28-18-12-6-10-16-19(23(27)29-20(16)18)24-21(25)14-8-3-4-9-15(14)22(24)26/h2-12,19H,1H3. The minimum absolute atomic E-state index is 0.224. The van der Waals surface area contributed by atoms with Gasteiger partial charge >= 0.3 is 5.97 Å². The number of esters is 1. The molecule has 0 bridgehead atoms. The first-order valence-electron chi connectivity index (χ1n) is 9.11. The van der Waals surface area contributed by atoms with Crippen LogP contribution in [0.5, 0.6) is 17.2 Å². The molecule has 2 aliphatic heterocycles. The van der Waals surface area contributed by atoms with Gasteiger partial charge in [-0.15, -0.1) is 0 Å². The van der Waals surface area contributed by atoms with E-state index < -0.39 is 23.8 Å². The number of aryl methyl sites for hydroxylation is 1. The fraction of sp³-hybridized carbons (Fsp3) is 0.0870. The van der Waals surface area contributed by atoms with Crippen molar-refractivity contribution in [3.05, 3.63) is 89.0 Å². The van der Waals surface area contributed by atoms with Crippen molar-refractivity contribution in [2.75, 3.05) is 0 Å². The Bertz CT molecular complexity index is 1160. The number of amides is 2. The summed E-state index contributed by atoms with van der Waals surface area (Å²) in [6, 6.07) is 17.9. The van der Waals surface area contributed by atoms with Crippen LogP contribution in [0.15, 0.2) is 66.7 Å². The molecule has 29 heavy (non-hydrogen) atoms. The SMILES string of the molecule is Cc1ccccc1Oc1cccc2c1OC(=O)C2N1C(=O)c2ccccc2C1=O. The zero-order valence-corrected chi connectivity index (χ0v) is 15.4. The van der Waals surface area contributed by atoms with E-state index in [1.54, 1.807) is 42.5 Å². The molecule has 0 saturated heterocycles. The molecule has 2 heterocycles. The van der Waals surface area contributed by atoms with E-state index in [4.69, 9.17) is 9.47 Å². The molecule has 0 radical (unpaired) electrons. The van der Waals surface area contributed by atoms with E-state index in [1.807, 2.05) is 31.2 Å². The smallest absolute Gasteiger partial charge is 0.339 e. The van der Waals surface area contributed by atoms with Gasteiger partial charge in [0, 0.05) is 5.56 Å². The van der Waals surface area contributed by atoms with E-state index in [0.717, 1.165) is 10.5 Å². The zero-order valence-electron chi connectivity index (χ0n) is 15.4. The number of para-hydroxylation sites is 2. The minimum atomic E-state index is -1.14. The fourth-order valence-electron chi connectivity index (χ4n) is 3.70. The van der Waals surface area contributed by atoms with Crippen LogP contribution in [0.3, 0.4) is 0 Å². The van der Waals surface area contributed by atoms with Crippen molar-refractivity contribution in [3.63, 3.8) is 0 Å². The highest BCUT2D eigenvalue weighted by atomic mass is 16.6. The van der Waals surface area contributed by atoms with Crippen LogP contribution in [0.1, 0.15) is 37.9 Å². The van der Waals surface area contributed by atoms with Gasteiger partial charge in [0.1, 0.15) is 5.75 Å². The molecule has 3 aromatic carbocycles. The van der Waals surface area contributed by atoms with E-state index in [1.165, 1.54) is 0 Å². The number of carbonyl (C=O) groups excluding carboxylic acids is 3. The highest BCUT2D eigenvalue weighted by Crippen LogP contribution is 2.46. The average Bonchev–Trinajstić information content (AvgIpc) is 3.18. The van der Waals surface area contributed by atoms with Crippen molar-refractivity contribution < 1.29 is 23.9 Å². The highest BCUT2D eigenvalue weighted by molar-refractivity contribution is 6.23. The normalized spacial score (nSPS) is 17.2. The largest absolute Gasteiger partial charge is 0.453 e. The van der Waals surface area contributed by atoms with Crippen LogP contribution < -0.4 is 9.47 Å². The molecule has 2 aliphatic rings. The molecule has 6 nitrogen and oxygen atoms in total. The summed E-state index contributed by atoms with van der Waals surface area (Å²) in [5, 5.41) is 0. The number of ether oxygens (including phenoxy) is 2. The number of fused-ring (bicyclic) bond motifs is 2. The predicted octanol–water partition coefficient (Wildman–Crippen LogP) is 4.04. The summed E-state index contributed by atoms with van der Waals surface area (Å²) < 4.78 is 11.4. The molecular formula is C23H15NO5. The summed E-state index contributed by atoms with van der Waals surface area (Å²) in [6.45, 7) is 1.91. The van der Waals surface area contributed by atoms with Crippen molar-refractivity contribution >= 4 is 17.8 Å². The molecule has 0 spiro atoms. The minimum Gasteiger partial charge on any atom is -0.453 e. The molecule has 0 aromatic heterocycles. The number of rotatable bonds is 3. The number of nitrogens with zero attached hydrogens (tertiary/aromatic N) is 1. The third-order valence-corrected chi connectivity index (χ3v) is 5.13. The van der Waals surface area contributed by atoms with Crippen LogP contribution in [0.2, 0.25) is 0 Å². The van der Waals surface area contributed by atoms with Crippen molar-refractivity contribution in [1.29, 1.82) is 0 Å². The second-order valence-electron chi connectivity index (χ2n) is 6.89. The second-order valence-corrected chi connectivity index (χ2v) is 6.89. The molecule has 0 saturated carbocycles.